The fourth-order valence-electron chi connectivity index (χ4n) is 3.86. The number of Topliss-reactive ketones (excluding diaryl/α,β-unsaturated/α-hetero) is 1. The molecule has 2 aromatic carbocycles. The van der Waals surface area contributed by atoms with E-state index in [9.17, 15) is 18.8 Å². The van der Waals surface area contributed by atoms with Gasteiger partial charge < -0.3 is 10.1 Å². The van der Waals surface area contributed by atoms with Crippen molar-refractivity contribution in [3.63, 3.8) is 0 Å². The quantitative estimate of drug-likeness (QED) is 0.664. The molecule has 2 aromatic rings. The maximum absolute atomic E-state index is 13.5. The Bertz CT molecular complexity index is 974. The van der Waals surface area contributed by atoms with Gasteiger partial charge in [-0.3, -0.25) is 14.5 Å². The van der Waals surface area contributed by atoms with Gasteiger partial charge in [0.2, 0.25) is 0 Å². The SMILES string of the molecule is COc1ccc(F)cc1C(=O)CN1C(=O)N[C@@]2(CCc3ccccc32)C1=O. The van der Waals surface area contributed by atoms with Crippen LogP contribution in [0.3, 0.4) is 0 Å². The van der Waals surface area contributed by atoms with E-state index in [1.54, 1.807) is 0 Å². The molecule has 27 heavy (non-hydrogen) atoms. The number of halogens is 1. The van der Waals surface area contributed by atoms with E-state index in [-0.39, 0.29) is 11.3 Å². The molecule has 0 unspecified atom stereocenters. The number of urea groups is 1. The van der Waals surface area contributed by atoms with E-state index in [0.717, 1.165) is 22.1 Å². The smallest absolute Gasteiger partial charge is 0.325 e. The number of rotatable bonds is 4. The molecule has 1 fully saturated rings. The van der Waals surface area contributed by atoms with Crippen molar-refractivity contribution in [2.45, 2.75) is 18.4 Å². The molecular weight excluding hydrogens is 351 g/mol. The first-order chi connectivity index (χ1) is 13.0. The number of fused-ring (bicyclic) bond motifs is 2. The van der Waals surface area contributed by atoms with Crippen LogP contribution in [0.5, 0.6) is 5.75 Å². The van der Waals surface area contributed by atoms with E-state index in [1.807, 2.05) is 24.3 Å². The van der Waals surface area contributed by atoms with Crippen molar-refractivity contribution in [1.82, 2.24) is 10.2 Å². The molecule has 3 amide bonds. The molecule has 138 valence electrons. The van der Waals surface area contributed by atoms with Crippen molar-refractivity contribution in [2.24, 2.45) is 0 Å². The number of hydrogen-bond acceptors (Lipinski definition) is 4. The first-order valence-corrected chi connectivity index (χ1v) is 8.55. The molecule has 7 heteroatoms. The van der Waals surface area contributed by atoms with Gasteiger partial charge in [-0.15, -0.1) is 0 Å². The number of benzene rings is 2. The van der Waals surface area contributed by atoms with E-state index >= 15 is 0 Å². The third kappa shape index (κ3) is 2.58. The number of ether oxygens (including phenoxy) is 1. The lowest BCUT2D eigenvalue weighted by atomic mass is 9.92. The Morgan fingerprint density at radius 1 is 1.26 bits per heavy atom. The lowest BCUT2D eigenvalue weighted by Crippen LogP contribution is -2.42. The van der Waals surface area contributed by atoms with Gasteiger partial charge in [-0.25, -0.2) is 9.18 Å². The lowest BCUT2D eigenvalue weighted by molar-refractivity contribution is -0.131. The number of nitrogens with one attached hydrogen (secondary N) is 1. The molecule has 1 N–H and O–H groups in total. The number of amides is 3. The number of ketones is 1. The standard InChI is InChI=1S/C20H17FN2O4/c1-27-17-7-6-13(21)10-14(17)16(24)11-23-18(25)20(22-19(23)26)9-8-12-4-2-3-5-15(12)20/h2-7,10H,8-9,11H2,1H3,(H,22,26)/t20-/m1/s1. The first kappa shape index (κ1) is 17.2. The zero-order valence-electron chi connectivity index (χ0n) is 14.6. The number of carbonyl (C=O) groups is 3. The number of nitrogens with zero attached hydrogens (tertiary/aromatic N) is 1. The second-order valence-electron chi connectivity index (χ2n) is 6.65. The molecule has 2 aliphatic rings. The lowest BCUT2D eigenvalue weighted by Gasteiger charge is -2.22. The summed E-state index contributed by atoms with van der Waals surface area (Å²) in [7, 11) is 1.36. The van der Waals surface area contributed by atoms with Gasteiger partial charge in [0.1, 0.15) is 17.1 Å². The monoisotopic (exact) mass is 368 g/mol. The summed E-state index contributed by atoms with van der Waals surface area (Å²) >= 11 is 0. The molecule has 6 nitrogen and oxygen atoms in total. The summed E-state index contributed by atoms with van der Waals surface area (Å²) in [5.41, 5.74) is 0.638. The molecule has 4 rings (SSSR count). The first-order valence-electron chi connectivity index (χ1n) is 8.55. The van der Waals surface area contributed by atoms with Crippen molar-refractivity contribution >= 4 is 17.7 Å². The summed E-state index contributed by atoms with van der Waals surface area (Å²) in [6.45, 7) is -0.478. The Balaban J connectivity index is 1.63. The Morgan fingerprint density at radius 2 is 2.04 bits per heavy atom. The number of methoxy groups -OCH3 is 1. The van der Waals surface area contributed by atoms with Gasteiger partial charge in [0, 0.05) is 0 Å². The van der Waals surface area contributed by atoms with Gasteiger partial charge in [-0.1, -0.05) is 24.3 Å². The molecule has 0 aromatic heterocycles. The third-order valence-corrected chi connectivity index (χ3v) is 5.19. The van der Waals surface area contributed by atoms with Crippen LogP contribution in [0.15, 0.2) is 42.5 Å². The van der Waals surface area contributed by atoms with Crippen molar-refractivity contribution < 1.29 is 23.5 Å². The van der Waals surface area contributed by atoms with Gasteiger partial charge in [0.25, 0.3) is 5.91 Å². The predicted molar refractivity (Wildman–Crippen MR) is 94.0 cm³/mol. The van der Waals surface area contributed by atoms with Gasteiger partial charge in [-0.2, -0.15) is 0 Å². The van der Waals surface area contributed by atoms with Crippen LogP contribution in [0.1, 0.15) is 27.9 Å². The summed E-state index contributed by atoms with van der Waals surface area (Å²) < 4.78 is 18.6. The highest BCUT2D eigenvalue weighted by Gasteiger charge is 2.55. The van der Waals surface area contributed by atoms with Crippen LogP contribution in [-0.2, 0) is 16.8 Å². The Morgan fingerprint density at radius 3 is 2.81 bits per heavy atom. The number of imide groups is 1. The molecule has 1 heterocycles. The average molecular weight is 368 g/mol. The van der Waals surface area contributed by atoms with Crippen molar-refractivity contribution in [2.75, 3.05) is 13.7 Å². The Labute approximate surface area is 154 Å². The van der Waals surface area contributed by atoms with Gasteiger partial charge in [0.15, 0.2) is 5.78 Å². The highest BCUT2D eigenvalue weighted by atomic mass is 19.1. The number of hydrogen-bond donors (Lipinski definition) is 1. The molecule has 1 spiro atoms. The molecule has 0 radical (unpaired) electrons. The summed E-state index contributed by atoms with van der Waals surface area (Å²) in [5, 5.41) is 2.76. The van der Waals surface area contributed by atoms with Crippen molar-refractivity contribution in [1.29, 1.82) is 0 Å². The van der Waals surface area contributed by atoms with Crippen LogP contribution in [0.2, 0.25) is 0 Å². The number of carbonyl (C=O) groups excluding carboxylic acids is 3. The predicted octanol–water partition coefficient (Wildman–Crippen LogP) is 2.41. The van der Waals surface area contributed by atoms with Crippen LogP contribution in [0.25, 0.3) is 0 Å². The Kier molecular flexibility index (Phi) is 3.95. The highest BCUT2D eigenvalue weighted by Crippen LogP contribution is 2.41. The van der Waals surface area contributed by atoms with Crippen LogP contribution < -0.4 is 10.1 Å². The zero-order chi connectivity index (χ0) is 19.2. The minimum atomic E-state index is -1.13. The topological polar surface area (TPSA) is 75.7 Å². The third-order valence-electron chi connectivity index (χ3n) is 5.19. The molecular formula is C20H17FN2O4. The van der Waals surface area contributed by atoms with Crippen LogP contribution in [0, 0.1) is 5.82 Å². The van der Waals surface area contributed by atoms with Gasteiger partial charge in [0.05, 0.1) is 19.2 Å². The van der Waals surface area contributed by atoms with E-state index in [2.05, 4.69) is 5.32 Å². The van der Waals surface area contributed by atoms with Gasteiger partial charge >= 0.3 is 6.03 Å². The molecule has 1 atom stereocenters. The van der Waals surface area contributed by atoms with E-state index in [4.69, 9.17) is 4.74 Å². The highest BCUT2D eigenvalue weighted by molar-refractivity contribution is 6.12. The second kappa shape index (κ2) is 6.19. The van der Waals surface area contributed by atoms with Crippen molar-refractivity contribution in [3.8, 4) is 5.75 Å². The number of aryl methyl sites for hydroxylation is 1. The average Bonchev–Trinajstić information content (AvgIpc) is 3.15. The van der Waals surface area contributed by atoms with E-state index in [1.165, 1.54) is 19.2 Å². The summed E-state index contributed by atoms with van der Waals surface area (Å²) in [5.74, 6) is -1.44. The largest absolute Gasteiger partial charge is 0.496 e. The fraction of sp³-hybridized carbons (Fsp3) is 0.250. The molecule has 1 aliphatic carbocycles. The maximum atomic E-state index is 13.5. The molecule has 0 saturated carbocycles. The van der Waals surface area contributed by atoms with Crippen LogP contribution >= 0.6 is 0 Å². The van der Waals surface area contributed by atoms with E-state index < -0.39 is 35.6 Å². The van der Waals surface area contributed by atoms with Crippen LogP contribution in [-0.4, -0.2) is 36.3 Å². The van der Waals surface area contributed by atoms with E-state index in [0.29, 0.717) is 12.8 Å². The van der Waals surface area contributed by atoms with Gasteiger partial charge in [-0.05, 0) is 42.2 Å². The Hall–Kier alpha value is -3.22. The minimum absolute atomic E-state index is 0.00845. The summed E-state index contributed by atoms with van der Waals surface area (Å²) in [6.07, 6.45) is 1.12. The van der Waals surface area contributed by atoms with Crippen molar-refractivity contribution in [3.05, 3.63) is 65.0 Å². The minimum Gasteiger partial charge on any atom is -0.496 e. The molecule has 0 bridgehead atoms. The molecule has 1 aliphatic heterocycles. The molecule has 1 saturated heterocycles. The fourth-order valence-corrected chi connectivity index (χ4v) is 3.86. The summed E-state index contributed by atoms with van der Waals surface area (Å²) in [4.78, 5) is 39.1. The normalized spacial score (nSPS) is 20.7. The summed E-state index contributed by atoms with van der Waals surface area (Å²) in [6, 6.07) is 10.4. The zero-order valence-corrected chi connectivity index (χ0v) is 14.6. The van der Waals surface area contributed by atoms with Crippen LogP contribution in [0.4, 0.5) is 9.18 Å². The second-order valence-corrected chi connectivity index (χ2v) is 6.65. The maximum Gasteiger partial charge on any atom is 0.325 e.